The van der Waals surface area contributed by atoms with Gasteiger partial charge < -0.3 is 19.3 Å². The normalized spacial score (nSPS) is 27.3. The van der Waals surface area contributed by atoms with E-state index in [1.54, 1.807) is 31.1 Å². The highest BCUT2D eigenvalue weighted by Gasteiger charge is 2.58. The van der Waals surface area contributed by atoms with Gasteiger partial charge in [0, 0.05) is 46.2 Å². The van der Waals surface area contributed by atoms with Crippen LogP contribution in [0.25, 0.3) is 0 Å². The fraction of sp³-hybridized carbons (Fsp3) is 0.600. The molecule has 1 aromatic rings. The van der Waals surface area contributed by atoms with E-state index in [9.17, 15) is 14.7 Å². The zero-order valence-corrected chi connectivity index (χ0v) is 13.9. The highest BCUT2D eigenvalue weighted by Crippen LogP contribution is 2.43. The number of carboxylic acid groups (broad SMARTS) is 1. The Hall–Kier alpha value is -1.73. The Bertz CT molecular complexity index is 632. The molecule has 0 saturated carbocycles. The van der Waals surface area contributed by atoms with Gasteiger partial charge >= 0.3 is 12.0 Å². The quantitative estimate of drug-likeness (QED) is 0.900. The Morgan fingerprint density at radius 2 is 2.13 bits per heavy atom. The van der Waals surface area contributed by atoms with Gasteiger partial charge in [-0.2, -0.15) is 0 Å². The number of hydrogen-bond donors (Lipinski definition) is 1. The van der Waals surface area contributed by atoms with Gasteiger partial charge in [0.15, 0.2) is 5.22 Å². The average Bonchev–Trinajstić information content (AvgIpc) is 3.11. The first kappa shape index (κ1) is 16.1. The number of rotatable bonds is 3. The van der Waals surface area contributed by atoms with Crippen LogP contribution in [-0.4, -0.2) is 72.1 Å². The van der Waals surface area contributed by atoms with E-state index in [-0.39, 0.29) is 18.5 Å². The molecule has 3 heterocycles. The zero-order chi connectivity index (χ0) is 16.8. The molecule has 0 unspecified atom stereocenters. The summed E-state index contributed by atoms with van der Waals surface area (Å²) in [5, 5.41) is 10.1. The van der Waals surface area contributed by atoms with Crippen molar-refractivity contribution in [2.24, 2.45) is 11.3 Å². The van der Waals surface area contributed by atoms with Gasteiger partial charge in [0.05, 0.1) is 6.54 Å². The van der Waals surface area contributed by atoms with Gasteiger partial charge in [-0.1, -0.05) is 0 Å². The number of halogens is 1. The predicted octanol–water partition coefficient (Wildman–Crippen LogP) is 1.43. The number of nitrogens with zero attached hydrogens (tertiary/aromatic N) is 3. The molecule has 126 valence electrons. The summed E-state index contributed by atoms with van der Waals surface area (Å²) in [6, 6.07) is 3.34. The Kier molecular flexibility index (Phi) is 4.01. The molecular formula is C15H20ClN3O4. The van der Waals surface area contributed by atoms with Crippen LogP contribution < -0.4 is 0 Å². The van der Waals surface area contributed by atoms with Gasteiger partial charge in [0.1, 0.15) is 11.2 Å². The lowest BCUT2D eigenvalue weighted by Crippen LogP contribution is -2.44. The average molecular weight is 342 g/mol. The minimum Gasteiger partial charge on any atom is -0.481 e. The van der Waals surface area contributed by atoms with Crippen LogP contribution in [0.1, 0.15) is 5.76 Å². The Balaban J connectivity index is 1.73. The van der Waals surface area contributed by atoms with Crippen molar-refractivity contribution in [1.29, 1.82) is 0 Å². The molecule has 0 bridgehead atoms. The molecule has 0 radical (unpaired) electrons. The summed E-state index contributed by atoms with van der Waals surface area (Å²) in [4.78, 5) is 29.2. The molecule has 1 aromatic heterocycles. The molecule has 2 amide bonds. The van der Waals surface area contributed by atoms with Gasteiger partial charge in [-0.3, -0.25) is 9.69 Å². The van der Waals surface area contributed by atoms with E-state index in [1.807, 2.05) is 0 Å². The topological polar surface area (TPSA) is 77.2 Å². The maximum Gasteiger partial charge on any atom is 0.319 e. The molecule has 1 N–H and O–H groups in total. The van der Waals surface area contributed by atoms with E-state index in [4.69, 9.17) is 16.0 Å². The van der Waals surface area contributed by atoms with E-state index < -0.39 is 11.4 Å². The minimum absolute atomic E-state index is 0.0747. The summed E-state index contributed by atoms with van der Waals surface area (Å²) in [7, 11) is 3.35. The maximum atomic E-state index is 12.1. The summed E-state index contributed by atoms with van der Waals surface area (Å²) in [5.41, 5.74) is -0.901. The van der Waals surface area contributed by atoms with Crippen molar-refractivity contribution < 1.29 is 19.1 Å². The van der Waals surface area contributed by atoms with E-state index in [0.29, 0.717) is 31.4 Å². The Morgan fingerprint density at radius 3 is 2.65 bits per heavy atom. The van der Waals surface area contributed by atoms with Crippen LogP contribution in [0, 0.1) is 11.3 Å². The summed E-state index contributed by atoms with van der Waals surface area (Å²) in [6.07, 6.45) is 0. The predicted molar refractivity (Wildman–Crippen MR) is 83.2 cm³/mol. The van der Waals surface area contributed by atoms with Crippen LogP contribution in [0.5, 0.6) is 0 Å². The lowest BCUT2D eigenvalue weighted by Gasteiger charge is -2.26. The molecule has 0 spiro atoms. The first-order chi connectivity index (χ1) is 10.8. The monoisotopic (exact) mass is 341 g/mol. The van der Waals surface area contributed by atoms with Crippen molar-refractivity contribution in [3.05, 3.63) is 23.1 Å². The number of carbonyl (C=O) groups excluding carboxylic acids is 1. The number of amides is 2. The van der Waals surface area contributed by atoms with Crippen molar-refractivity contribution in [2.75, 3.05) is 40.3 Å². The molecule has 2 aliphatic rings. The van der Waals surface area contributed by atoms with E-state index in [1.165, 1.54) is 4.90 Å². The van der Waals surface area contributed by atoms with Crippen molar-refractivity contribution in [3.63, 3.8) is 0 Å². The largest absolute Gasteiger partial charge is 0.481 e. The maximum absolute atomic E-state index is 12.1. The first-order valence-corrected chi connectivity index (χ1v) is 7.86. The number of fused-ring (bicyclic) bond motifs is 1. The lowest BCUT2D eigenvalue weighted by molar-refractivity contribution is -0.148. The van der Waals surface area contributed by atoms with Crippen LogP contribution >= 0.6 is 11.6 Å². The van der Waals surface area contributed by atoms with Gasteiger partial charge in [-0.15, -0.1) is 0 Å². The second-order valence-corrected chi connectivity index (χ2v) is 6.96. The van der Waals surface area contributed by atoms with Crippen LogP contribution in [0.4, 0.5) is 4.79 Å². The van der Waals surface area contributed by atoms with Gasteiger partial charge in [0.2, 0.25) is 0 Å². The molecule has 0 aromatic carbocycles. The molecule has 23 heavy (non-hydrogen) atoms. The molecule has 0 aliphatic carbocycles. The van der Waals surface area contributed by atoms with Crippen molar-refractivity contribution >= 4 is 23.6 Å². The fourth-order valence-electron chi connectivity index (χ4n) is 3.68. The van der Waals surface area contributed by atoms with Crippen molar-refractivity contribution in [1.82, 2.24) is 14.7 Å². The highest BCUT2D eigenvalue weighted by molar-refractivity contribution is 6.28. The summed E-state index contributed by atoms with van der Waals surface area (Å²) in [5.74, 6) is -0.192. The first-order valence-electron chi connectivity index (χ1n) is 7.48. The molecule has 2 aliphatic heterocycles. The molecular weight excluding hydrogens is 322 g/mol. The van der Waals surface area contributed by atoms with Crippen molar-refractivity contribution in [2.45, 2.75) is 6.54 Å². The third kappa shape index (κ3) is 2.79. The highest BCUT2D eigenvalue weighted by atomic mass is 35.5. The summed E-state index contributed by atoms with van der Waals surface area (Å²) < 4.78 is 5.36. The number of likely N-dealkylation sites (tertiary alicyclic amines) is 2. The van der Waals surface area contributed by atoms with E-state index in [2.05, 4.69) is 4.90 Å². The zero-order valence-electron chi connectivity index (χ0n) is 13.2. The summed E-state index contributed by atoms with van der Waals surface area (Å²) >= 11 is 5.77. The van der Waals surface area contributed by atoms with Crippen molar-refractivity contribution in [3.8, 4) is 0 Å². The number of carbonyl (C=O) groups is 2. The molecule has 3 rings (SSSR count). The molecule has 7 nitrogen and oxygen atoms in total. The Morgan fingerprint density at radius 1 is 1.39 bits per heavy atom. The second-order valence-electron chi connectivity index (χ2n) is 6.59. The van der Waals surface area contributed by atoms with Crippen LogP contribution in [0.3, 0.4) is 0 Å². The third-order valence-electron chi connectivity index (χ3n) is 4.77. The van der Waals surface area contributed by atoms with Crippen LogP contribution in [-0.2, 0) is 11.3 Å². The van der Waals surface area contributed by atoms with Gasteiger partial charge in [-0.25, -0.2) is 4.79 Å². The minimum atomic E-state index is -0.901. The molecule has 2 atom stereocenters. The standard InChI is InChI=1S/C15H20ClN3O4/c1-17(2)14(22)19-6-10-5-18(7-11-3-4-12(16)23-11)8-15(10,9-19)13(20)21/h3-4,10H,5-9H2,1-2H3,(H,20,21)/t10-,15-/m1/s1. The number of urea groups is 1. The number of carboxylic acids is 1. The number of furan rings is 1. The van der Waals surface area contributed by atoms with Gasteiger partial charge in [0.25, 0.3) is 0 Å². The molecule has 2 fully saturated rings. The molecule has 2 saturated heterocycles. The van der Waals surface area contributed by atoms with Crippen LogP contribution in [0.15, 0.2) is 16.5 Å². The SMILES string of the molecule is CN(C)C(=O)N1C[C@H]2CN(Cc3ccc(Cl)o3)C[C@@]2(C(=O)O)C1. The second kappa shape index (κ2) is 5.72. The number of hydrogen-bond acceptors (Lipinski definition) is 4. The fourth-order valence-corrected chi connectivity index (χ4v) is 3.84. The number of aliphatic carboxylic acids is 1. The lowest BCUT2D eigenvalue weighted by atomic mass is 9.81. The van der Waals surface area contributed by atoms with E-state index in [0.717, 1.165) is 5.76 Å². The smallest absolute Gasteiger partial charge is 0.319 e. The van der Waals surface area contributed by atoms with Crippen LogP contribution in [0.2, 0.25) is 5.22 Å². The molecule has 8 heteroatoms. The third-order valence-corrected chi connectivity index (χ3v) is 4.97. The summed E-state index contributed by atoms with van der Waals surface area (Å²) in [6.45, 7) is 2.28. The Labute approximate surface area is 139 Å². The van der Waals surface area contributed by atoms with E-state index >= 15 is 0 Å². The van der Waals surface area contributed by atoms with Gasteiger partial charge in [-0.05, 0) is 23.7 Å².